The first kappa shape index (κ1) is 15.3. The van der Waals surface area contributed by atoms with Gasteiger partial charge in [-0.25, -0.2) is 9.78 Å². The summed E-state index contributed by atoms with van der Waals surface area (Å²) in [5, 5.41) is 0. The molecule has 0 aromatic carbocycles. The molecule has 6 nitrogen and oxygen atoms in total. The van der Waals surface area contributed by atoms with Gasteiger partial charge in [0.05, 0.1) is 13.7 Å². The Kier molecular flexibility index (Phi) is 4.76. The highest BCUT2D eigenvalue weighted by molar-refractivity contribution is 5.92. The van der Waals surface area contributed by atoms with Crippen LogP contribution in [0.4, 0.5) is 19.0 Å². The van der Waals surface area contributed by atoms with Crippen LogP contribution in [0.1, 0.15) is 16.3 Å². The third-order valence-corrected chi connectivity index (χ3v) is 2.30. The molecule has 0 aliphatic rings. The number of nitrogen functional groups attached to an aromatic ring is 1. The molecule has 1 aromatic heterocycles. The van der Waals surface area contributed by atoms with E-state index in [9.17, 15) is 18.0 Å². The normalized spacial score (nSPS) is 11.6. The van der Waals surface area contributed by atoms with E-state index in [1.807, 2.05) is 0 Å². The first-order chi connectivity index (χ1) is 8.76. The van der Waals surface area contributed by atoms with Gasteiger partial charge in [-0.15, -0.1) is 0 Å². The highest BCUT2D eigenvalue weighted by Crippen LogP contribution is 2.16. The van der Waals surface area contributed by atoms with Gasteiger partial charge in [0.25, 0.3) is 0 Å². The van der Waals surface area contributed by atoms with Crippen molar-refractivity contribution >= 4 is 11.8 Å². The minimum absolute atomic E-state index is 0.0416. The summed E-state index contributed by atoms with van der Waals surface area (Å²) < 4.78 is 45.9. The second-order valence-electron chi connectivity index (χ2n) is 3.70. The van der Waals surface area contributed by atoms with Gasteiger partial charge in [0.1, 0.15) is 18.2 Å². The van der Waals surface area contributed by atoms with E-state index in [2.05, 4.69) is 14.5 Å². The van der Waals surface area contributed by atoms with E-state index in [0.717, 1.165) is 0 Å². The fraction of sp³-hybridized carbons (Fsp3) is 0.600. The maximum atomic E-state index is 11.9. The summed E-state index contributed by atoms with van der Waals surface area (Å²) in [6.45, 7) is 0.121. The van der Waals surface area contributed by atoms with E-state index in [1.54, 1.807) is 6.92 Å². The number of methoxy groups -OCH3 is 1. The molecule has 0 atom stereocenters. The average Bonchev–Trinajstić information content (AvgIpc) is 2.59. The van der Waals surface area contributed by atoms with Gasteiger partial charge in [-0.3, -0.25) is 0 Å². The molecule has 0 aliphatic heterocycles. The fourth-order valence-electron chi connectivity index (χ4n) is 1.45. The van der Waals surface area contributed by atoms with E-state index in [1.165, 1.54) is 11.7 Å². The molecule has 108 valence electrons. The fourth-order valence-corrected chi connectivity index (χ4v) is 1.45. The summed E-state index contributed by atoms with van der Waals surface area (Å²) in [7, 11) is 1.18. The van der Waals surface area contributed by atoms with Crippen molar-refractivity contribution in [2.24, 2.45) is 0 Å². The SMILES string of the molecule is COC(=O)c1nc(C)n(CCOCC(F)(F)F)c1N. The molecule has 2 N–H and O–H groups in total. The lowest BCUT2D eigenvalue weighted by molar-refractivity contribution is -0.174. The number of imidazole rings is 1. The maximum Gasteiger partial charge on any atom is 0.411 e. The average molecular weight is 281 g/mol. The van der Waals surface area contributed by atoms with Crippen molar-refractivity contribution in [2.45, 2.75) is 19.6 Å². The predicted octanol–water partition coefficient (Wildman–Crippen LogP) is 1.14. The van der Waals surface area contributed by atoms with Crippen molar-refractivity contribution in [2.75, 3.05) is 26.1 Å². The molecule has 0 amide bonds. The number of carbonyl (C=O) groups is 1. The Balaban J connectivity index is 2.64. The van der Waals surface area contributed by atoms with Crippen molar-refractivity contribution in [3.8, 4) is 0 Å². The zero-order valence-electron chi connectivity index (χ0n) is 10.5. The highest BCUT2D eigenvalue weighted by atomic mass is 19.4. The Bertz CT molecular complexity index is 457. The number of esters is 1. The van der Waals surface area contributed by atoms with Crippen LogP contribution in [0.2, 0.25) is 0 Å². The predicted molar refractivity (Wildman–Crippen MR) is 59.6 cm³/mol. The number of nitrogens with zero attached hydrogens (tertiary/aromatic N) is 2. The van der Waals surface area contributed by atoms with Crippen molar-refractivity contribution in [1.82, 2.24) is 9.55 Å². The number of ether oxygens (including phenoxy) is 2. The number of nitrogens with two attached hydrogens (primary N) is 1. The number of alkyl halides is 3. The lowest BCUT2D eigenvalue weighted by atomic mass is 10.4. The van der Waals surface area contributed by atoms with Crippen LogP contribution in [-0.2, 0) is 16.0 Å². The van der Waals surface area contributed by atoms with Crippen molar-refractivity contribution in [1.29, 1.82) is 0 Å². The van der Waals surface area contributed by atoms with Crippen LogP contribution in [0.25, 0.3) is 0 Å². The van der Waals surface area contributed by atoms with Gasteiger partial charge >= 0.3 is 12.1 Å². The van der Waals surface area contributed by atoms with E-state index < -0.39 is 18.8 Å². The largest absolute Gasteiger partial charge is 0.464 e. The molecule has 0 radical (unpaired) electrons. The van der Waals surface area contributed by atoms with E-state index in [-0.39, 0.29) is 24.7 Å². The van der Waals surface area contributed by atoms with Crippen LogP contribution in [0.3, 0.4) is 0 Å². The van der Waals surface area contributed by atoms with Gasteiger partial charge in [0, 0.05) is 6.54 Å². The van der Waals surface area contributed by atoms with Crippen LogP contribution in [0, 0.1) is 6.92 Å². The zero-order valence-corrected chi connectivity index (χ0v) is 10.5. The third kappa shape index (κ3) is 4.12. The molecule has 1 rings (SSSR count). The molecule has 1 aromatic rings. The first-order valence-electron chi connectivity index (χ1n) is 5.31. The monoisotopic (exact) mass is 281 g/mol. The summed E-state index contributed by atoms with van der Waals surface area (Å²) in [4.78, 5) is 15.2. The third-order valence-electron chi connectivity index (χ3n) is 2.30. The van der Waals surface area contributed by atoms with Gasteiger partial charge in [-0.2, -0.15) is 13.2 Å². The second-order valence-corrected chi connectivity index (χ2v) is 3.70. The standard InChI is InChI=1S/C10H14F3N3O3/c1-6-15-7(9(17)18-2)8(14)16(6)3-4-19-5-10(11,12)13/h3-5,14H2,1-2H3. The van der Waals surface area contributed by atoms with E-state index in [0.29, 0.717) is 5.82 Å². The summed E-state index contributed by atoms with van der Waals surface area (Å²) in [5.41, 5.74) is 5.61. The number of anilines is 1. The summed E-state index contributed by atoms with van der Waals surface area (Å²) in [5.74, 6) is -0.260. The van der Waals surface area contributed by atoms with Crippen molar-refractivity contribution in [3.05, 3.63) is 11.5 Å². The molecular weight excluding hydrogens is 267 g/mol. The topological polar surface area (TPSA) is 79.4 Å². The molecule has 9 heteroatoms. The minimum Gasteiger partial charge on any atom is -0.464 e. The van der Waals surface area contributed by atoms with Gasteiger partial charge in [-0.1, -0.05) is 0 Å². The molecular formula is C10H14F3N3O3. The Morgan fingerprint density at radius 1 is 1.47 bits per heavy atom. The highest BCUT2D eigenvalue weighted by Gasteiger charge is 2.27. The molecule has 0 saturated heterocycles. The van der Waals surface area contributed by atoms with Crippen molar-refractivity contribution < 1.29 is 27.4 Å². The molecule has 0 unspecified atom stereocenters. The summed E-state index contributed by atoms with van der Waals surface area (Å²) in [6.07, 6.45) is -4.37. The number of hydrogen-bond donors (Lipinski definition) is 1. The number of aromatic nitrogens is 2. The van der Waals surface area contributed by atoms with Gasteiger partial charge < -0.3 is 19.8 Å². The Hall–Kier alpha value is -1.77. The summed E-state index contributed by atoms with van der Waals surface area (Å²) >= 11 is 0. The Morgan fingerprint density at radius 3 is 2.63 bits per heavy atom. The van der Waals surface area contributed by atoms with E-state index >= 15 is 0 Å². The molecule has 1 heterocycles. The number of carbonyl (C=O) groups excluding carboxylic acids is 1. The van der Waals surface area contributed by atoms with Crippen LogP contribution in [-0.4, -0.2) is 42.0 Å². The molecule has 0 bridgehead atoms. The molecule has 0 aliphatic carbocycles. The molecule has 0 spiro atoms. The molecule has 0 saturated carbocycles. The quantitative estimate of drug-likeness (QED) is 0.646. The Labute approximate surface area is 107 Å². The van der Waals surface area contributed by atoms with E-state index in [4.69, 9.17) is 5.73 Å². The van der Waals surface area contributed by atoms with Crippen molar-refractivity contribution in [3.63, 3.8) is 0 Å². The second kappa shape index (κ2) is 5.91. The van der Waals surface area contributed by atoms with Crippen LogP contribution >= 0.6 is 0 Å². The number of rotatable bonds is 5. The number of halogens is 3. The lowest BCUT2D eigenvalue weighted by Crippen LogP contribution is -2.19. The summed E-state index contributed by atoms with van der Waals surface area (Å²) in [6, 6.07) is 0. The van der Waals surface area contributed by atoms with Crippen LogP contribution < -0.4 is 5.73 Å². The van der Waals surface area contributed by atoms with Gasteiger partial charge in [0.15, 0.2) is 5.69 Å². The maximum absolute atomic E-state index is 11.9. The smallest absolute Gasteiger partial charge is 0.411 e. The molecule has 19 heavy (non-hydrogen) atoms. The lowest BCUT2D eigenvalue weighted by Gasteiger charge is -2.10. The Morgan fingerprint density at radius 2 is 2.11 bits per heavy atom. The van der Waals surface area contributed by atoms with Gasteiger partial charge in [-0.05, 0) is 6.92 Å². The van der Waals surface area contributed by atoms with Gasteiger partial charge in [0.2, 0.25) is 0 Å². The van der Waals surface area contributed by atoms with Crippen LogP contribution in [0.15, 0.2) is 0 Å². The zero-order chi connectivity index (χ0) is 14.6. The first-order valence-corrected chi connectivity index (χ1v) is 5.31. The minimum atomic E-state index is -4.37. The molecule has 0 fully saturated rings. The van der Waals surface area contributed by atoms with Crippen LogP contribution in [0.5, 0.6) is 0 Å². The number of aryl methyl sites for hydroxylation is 1. The number of hydrogen-bond acceptors (Lipinski definition) is 5.